The van der Waals surface area contributed by atoms with E-state index < -0.39 is 0 Å². The van der Waals surface area contributed by atoms with Crippen molar-refractivity contribution in [1.29, 1.82) is 0 Å². The van der Waals surface area contributed by atoms with Crippen molar-refractivity contribution in [2.45, 2.75) is 46.1 Å². The van der Waals surface area contributed by atoms with Crippen molar-refractivity contribution in [2.75, 3.05) is 11.4 Å². The summed E-state index contributed by atoms with van der Waals surface area (Å²) in [6.07, 6.45) is 5.90. The molecule has 1 aromatic heterocycles. The van der Waals surface area contributed by atoms with Gasteiger partial charge in [-0.15, -0.1) is 0 Å². The van der Waals surface area contributed by atoms with E-state index in [4.69, 9.17) is 0 Å². The molecule has 0 aromatic carbocycles. The van der Waals surface area contributed by atoms with Gasteiger partial charge in [-0.1, -0.05) is 26.8 Å². The van der Waals surface area contributed by atoms with Gasteiger partial charge in [-0.05, 0) is 42.2 Å². The summed E-state index contributed by atoms with van der Waals surface area (Å²) in [5, 5.41) is 0. The normalized spacial score (nSPS) is 35.0. The third-order valence-electron chi connectivity index (χ3n) is 4.36. The zero-order chi connectivity index (χ0) is 12.1. The first-order valence-corrected chi connectivity index (χ1v) is 6.65. The minimum atomic E-state index is 0.487. The van der Waals surface area contributed by atoms with Crippen LogP contribution < -0.4 is 4.90 Å². The van der Waals surface area contributed by atoms with Gasteiger partial charge in [-0.2, -0.15) is 0 Å². The van der Waals surface area contributed by atoms with Gasteiger partial charge in [0, 0.05) is 18.8 Å². The highest BCUT2D eigenvalue weighted by Crippen LogP contribution is 2.53. The standard InChI is InChI=1S/C15H22N2/c1-14(2)8-12-9-15(3,10-14)11-17(12)13-6-4-5-7-16-13/h4-7,12H,8-11H2,1-3H3/t12-,15-/m0/s1. The maximum Gasteiger partial charge on any atom is 0.128 e. The smallest absolute Gasteiger partial charge is 0.128 e. The first kappa shape index (κ1) is 11.1. The lowest BCUT2D eigenvalue weighted by Crippen LogP contribution is -2.34. The quantitative estimate of drug-likeness (QED) is 0.734. The molecule has 3 rings (SSSR count). The van der Waals surface area contributed by atoms with E-state index in [1.165, 1.54) is 31.6 Å². The predicted molar refractivity (Wildman–Crippen MR) is 71.1 cm³/mol. The fraction of sp³-hybridized carbons (Fsp3) is 0.667. The second-order valence-corrected chi connectivity index (χ2v) is 7.03. The number of aromatic nitrogens is 1. The van der Waals surface area contributed by atoms with E-state index in [0.717, 1.165) is 0 Å². The number of hydrogen-bond acceptors (Lipinski definition) is 2. The average Bonchev–Trinajstić information content (AvgIpc) is 2.49. The molecule has 2 atom stereocenters. The maximum atomic E-state index is 4.53. The van der Waals surface area contributed by atoms with Crippen LogP contribution in [0.4, 0.5) is 5.82 Å². The Bertz CT molecular complexity index is 412. The summed E-state index contributed by atoms with van der Waals surface area (Å²) >= 11 is 0. The molecule has 1 saturated heterocycles. The minimum Gasteiger partial charge on any atom is -0.353 e. The lowest BCUT2D eigenvalue weighted by atomic mass is 9.65. The Balaban J connectivity index is 1.91. The fourth-order valence-electron chi connectivity index (χ4n) is 4.25. The van der Waals surface area contributed by atoms with E-state index in [1.54, 1.807) is 0 Å². The van der Waals surface area contributed by atoms with Gasteiger partial charge in [0.05, 0.1) is 0 Å². The van der Waals surface area contributed by atoms with Crippen molar-refractivity contribution in [3.63, 3.8) is 0 Å². The molecule has 2 bridgehead atoms. The largest absolute Gasteiger partial charge is 0.353 e. The Morgan fingerprint density at radius 3 is 2.76 bits per heavy atom. The predicted octanol–water partition coefficient (Wildman–Crippen LogP) is 3.49. The summed E-state index contributed by atoms with van der Waals surface area (Å²) in [6, 6.07) is 6.94. The number of pyridine rings is 1. The molecule has 2 aliphatic rings. The lowest BCUT2D eigenvalue weighted by Gasteiger charge is -2.39. The first-order chi connectivity index (χ1) is 7.98. The van der Waals surface area contributed by atoms with E-state index in [0.29, 0.717) is 16.9 Å². The first-order valence-electron chi connectivity index (χ1n) is 6.65. The molecular weight excluding hydrogens is 208 g/mol. The highest BCUT2D eigenvalue weighted by Gasteiger charge is 2.49. The molecular formula is C15H22N2. The van der Waals surface area contributed by atoms with E-state index in [-0.39, 0.29) is 0 Å². The third kappa shape index (κ3) is 1.94. The molecule has 2 fully saturated rings. The summed E-state index contributed by atoms with van der Waals surface area (Å²) in [5.74, 6) is 1.17. The number of rotatable bonds is 1. The van der Waals surface area contributed by atoms with Crippen molar-refractivity contribution in [3.8, 4) is 0 Å². The molecule has 1 aromatic rings. The maximum absolute atomic E-state index is 4.53. The van der Waals surface area contributed by atoms with E-state index in [9.17, 15) is 0 Å². The molecule has 2 heteroatoms. The molecule has 2 heterocycles. The van der Waals surface area contributed by atoms with Gasteiger partial charge in [0.1, 0.15) is 5.82 Å². The van der Waals surface area contributed by atoms with E-state index in [2.05, 4.69) is 42.8 Å². The van der Waals surface area contributed by atoms with Crippen LogP contribution in [0.25, 0.3) is 0 Å². The fourth-order valence-corrected chi connectivity index (χ4v) is 4.25. The molecule has 0 N–H and O–H groups in total. The summed E-state index contributed by atoms with van der Waals surface area (Å²) in [4.78, 5) is 7.06. The van der Waals surface area contributed by atoms with Gasteiger partial charge >= 0.3 is 0 Å². The van der Waals surface area contributed by atoms with Crippen LogP contribution in [0.1, 0.15) is 40.0 Å². The molecule has 17 heavy (non-hydrogen) atoms. The molecule has 2 nitrogen and oxygen atoms in total. The highest BCUT2D eigenvalue weighted by molar-refractivity contribution is 5.42. The van der Waals surface area contributed by atoms with Crippen LogP contribution in [-0.4, -0.2) is 17.6 Å². The van der Waals surface area contributed by atoms with Crippen molar-refractivity contribution in [3.05, 3.63) is 24.4 Å². The van der Waals surface area contributed by atoms with Gasteiger partial charge in [0.2, 0.25) is 0 Å². The zero-order valence-electron chi connectivity index (χ0n) is 11.1. The SMILES string of the molecule is CC1(C)C[C@H]2C[C@](C)(CN2c2ccccn2)C1. The topological polar surface area (TPSA) is 16.1 Å². The Hall–Kier alpha value is -1.05. The van der Waals surface area contributed by atoms with Crippen molar-refractivity contribution < 1.29 is 0 Å². The van der Waals surface area contributed by atoms with Crippen LogP contribution >= 0.6 is 0 Å². The highest BCUT2D eigenvalue weighted by atomic mass is 15.2. The van der Waals surface area contributed by atoms with Crippen LogP contribution in [0.3, 0.4) is 0 Å². The Morgan fingerprint density at radius 2 is 2.06 bits per heavy atom. The molecule has 0 spiro atoms. The number of hydrogen-bond donors (Lipinski definition) is 0. The number of nitrogens with zero attached hydrogens (tertiary/aromatic N) is 2. The summed E-state index contributed by atoms with van der Waals surface area (Å²) in [5.41, 5.74) is 0.977. The second kappa shape index (κ2) is 3.47. The monoisotopic (exact) mass is 230 g/mol. The average molecular weight is 230 g/mol. The van der Waals surface area contributed by atoms with Gasteiger partial charge in [0.15, 0.2) is 0 Å². The van der Waals surface area contributed by atoms with Gasteiger partial charge in [-0.3, -0.25) is 0 Å². The Kier molecular flexibility index (Phi) is 2.26. The molecule has 92 valence electrons. The summed E-state index contributed by atoms with van der Waals surface area (Å²) < 4.78 is 0. The summed E-state index contributed by atoms with van der Waals surface area (Å²) in [6.45, 7) is 8.46. The molecule has 0 unspecified atom stereocenters. The Labute approximate surface area is 104 Å². The molecule has 0 radical (unpaired) electrons. The van der Waals surface area contributed by atoms with Crippen molar-refractivity contribution >= 4 is 5.82 Å². The van der Waals surface area contributed by atoms with Crippen molar-refractivity contribution in [2.24, 2.45) is 10.8 Å². The van der Waals surface area contributed by atoms with Crippen molar-refractivity contribution in [1.82, 2.24) is 4.98 Å². The second-order valence-electron chi connectivity index (χ2n) is 7.03. The van der Waals surface area contributed by atoms with Crippen LogP contribution in [-0.2, 0) is 0 Å². The van der Waals surface area contributed by atoms with Crippen LogP contribution in [0.2, 0.25) is 0 Å². The van der Waals surface area contributed by atoms with Crippen LogP contribution in [0.5, 0.6) is 0 Å². The number of anilines is 1. The van der Waals surface area contributed by atoms with Crippen LogP contribution in [0.15, 0.2) is 24.4 Å². The van der Waals surface area contributed by atoms with Crippen LogP contribution in [0, 0.1) is 10.8 Å². The Morgan fingerprint density at radius 1 is 1.24 bits per heavy atom. The van der Waals surface area contributed by atoms with E-state index >= 15 is 0 Å². The van der Waals surface area contributed by atoms with E-state index in [1.807, 2.05) is 12.3 Å². The molecule has 1 saturated carbocycles. The lowest BCUT2D eigenvalue weighted by molar-refractivity contribution is 0.136. The molecule has 1 aliphatic heterocycles. The van der Waals surface area contributed by atoms with Gasteiger partial charge in [0.25, 0.3) is 0 Å². The summed E-state index contributed by atoms with van der Waals surface area (Å²) in [7, 11) is 0. The molecule has 1 aliphatic carbocycles. The zero-order valence-corrected chi connectivity index (χ0v) is 11.1. The third-order valence-corrected chi connectivity index (χ3v) is 4.36. The molecule has 0 amide bonds. The van der Waals surface area contributed by atoms with Gasteiger partial charge in [-0.25, -0.2) is 4.98 Å². The minimum absolute atomic E-state index is 0.487. The van der Waals surface area contributed by atoms with Gasteiger partial charge < -0.3 is 4.90 Å². The number of fused-ring (bicyclic) bond motifs is 2.